The van der Waals surface area contributed by atoms with Gasteiger partial charge in [0.15, 0.2) is 0 Å². The normalized spacial score (nSPS) is 21.1. The SMILES string of the molecule is CN1C(=O)C(N)CCc2cc(O)ccc21. The molecule has 0 spiro atoms. The van der Waals surface area contributed by atoms with Crippen LogP contribution in [0.2, 0.25) is 0 Å². The Kier molecular flexibility index (Phi) is 2.36. The second-order valence-corrected chi connectivity index (χ2v) is 3.86. The number of anilines is 1. The van der Waals surface area contributed by atoms with Gasteiger partial charge in [0, 0.05) is 12.7 Å². The molecule has 1 atom stereocenters. The molecule has 1 heterocycles. The largest absolute Gasteiger partial charge is 0.508 e. The Labute approximate surface area is 88.3 Å². The zero-order valence-electron chi connectivity index (χ0n) is 8.60. The fraction of sp³-hybridized carbons (Fsp3) is 0.364. The first-order valence-electron chi connectivity index (χ1n) is 4.94. The molecule has 15 heavy (non-hydrogen) atoms. The highest BCUT2D eigenvalue weighted by molar-refractivity contribution is 5.98. The van der Waals surface area contributed by atoms with Crippen LogP contribution in [0.4, 0.5) is 5.69 Å². The molecule has 0 radical (unpaired) electrons. The molecule has 1 aromatic carbocycles. The Morgan fingerprint density at radius 1 is 1.53 bits per heavy atom. The molecule has 4 heteroatoms. The van der Waals surface area contributed by atoms with Gasteiger partial charge in [0.05, 0.1) is 6.04 Å². The van der Waals surface area contributed by atoms with Gasteiger partial charge in [-0.1, -0.05) is 0 Å². The summed E-state index contributed by atoms with van der Waals surface area (Å²) in [5.74, 6) is 0.157. The molecule has 1 unspecified atom stereocenters. The van der Waals surface area contributed by atoms with Crippen molar-refractivity contribution in [3.63, 3.8) is 0 Å². The Balaban J connectivity index is 2.47. The van der Waals surface area contributed by atoms with E-state index in [9.17, 15) is 9.90 Å². The number of aryl methyl sites for hydroxylation is 1. The van der Waals surface area contributed by atoms with Gasteiger partial charge in [-0.25, -0.2) is 0 Å². The lowest BCUT2D eigenvalue weighted by Gasteiger charge is -2.19. The molecule has 1 aliphatic rings. The van der Waals surface area contributed by atoms with E-state index in [-0.39, 0.29) is 11.7 Å². The third-order valence-corrected chi connectivity index (χ3v) is 2.80. The number of amides is 1. The molecule has 1 aromatic rings. The molecule has 0 aromatic heterocycles. The minimum absolute atomic E-state index is 0.0700. The Morgan fingerprint density at radius 3 is 3.00 bits per heavy atom. The van der Waals surface area contributed by atoms with Gasteiger partial charge in [0.25, 0.3) is 0 Å². The highest BCUT2D eigenvalue weighted by atomic mass is 16.3. The first-order chi connectivity index (χ1) is 7.09. The monoisotopic (exact) mass is 206 g/mol. The predicted molar refractivity (Wildman–Crippen MR) is 57.8 cm³/mol. The van der Waals surface area contributed by atoms with E-state index in [1.807, 2.05) is 0 Å². The summed E-state index contributed by atoms with van der Waals surface area (Å²) in [6.07, 6.45) is 1.35. The number of rotatable bonds is 0. The van der Waals surface area contributed by atoms with Crippen LogP contribution < -0.4 is 10.6 Å². The maximum Gasteiger partial charge on any atom is 0.243 e. The van der Waals surface area contributed by atoms with Gasteiger partial charge >= 0.3 is 0 Å². The van der Waals surface area contributed by atoms with Crippen molar-refractivity contribution in [1.29, 1.82) is 0 Å². The third kappa shape index (κ3) is 1.68. The molecule has 1 aliphatic heterocycles. The van der Waals surface area contributed by atoms with E-state index in [4.69, 9.17) is 5.73 Å². The number of carbonyl (C=O) groups is 1. The van der Waals surface area contributed by atoms with Crippen LogP contribution in [0, 0.1) is 0 Å². The van der Waals surface area contributed by atoms with Gasteiger partial charge in [-0.05, 0) is 36.6 Å². The maximum atomic E-state index is 11.7. The molecule has 0 fully saturated rings. The highest BCUT2D eigenvalue weighted by Gasteiger charge is 2.25. The number of fused-ring (bicyclic) bond motifs is 1. The van der Waals surface area contributed by atoms with Crippen molar-refractivity contribution >= 4 is 11.6 Å². The smallest absolute Gasteiger partial charge is 0.243 e. The van der Waals surface area contributed by atoms with Gasteiger partial charge in [0.1, 0.15) is 5.75 Å². The molecular formula is C11H14N2O2. The van der Waals surface area contributed by atoms with Gasteiger partial charge in [0.2, 0.25) is 5.91 Å². The zero-order chi connectivity index (χ0) is 11.0. The average Bonchev–Trinajstić information content (AvgIpc) is 2.32. The Hall–Kier alpha value is -1.55. The minimum Gasteiger partial charge on any atom is -0.508 e. The van der Waals surface area contributed by atoms with Gasteiger partial charge < -0.3 is 15.7 Å². The van der Waals surface area contributed by atoms with E-state index in [1.165, 1.54) is 0 Å². The van der Waals surface area contributed by atoms with E-state index >= 15 is 0 Å². The molecule has 0 aliphatic carbocycles. The summed E-state index contributed by atoms with van der Waals surface area (Å²) in [6, 6.07) is 4.58. The number of nitrogens with two attached hydrogens (primary N) is 1. The number of phenols is 1. The van der Waals surface area contributed by atoms with E-state index in [2.05, 4.69) is 0 Å². The molecular weight excluding hydrogens is 192 g/mol. The predicted octanol–water partition coefficient (Wildman–Crippen LogP) is 0.628. The second-order valence-electron chi connectivity index (χ2n) is 3.86. The first kappa shape index (κ1) is 9.98. The van der Waals surface area contributed by atoms with E-state index < -0.39 is 6.04 Å². The van der Waals surface area contributed by atoms with Crippen LogP contribution in [0.3, 0.4) is 0 Å². The molecule has 0 saturated heterocycles. The third-order valence-electron chi connectivity index (χ3n) is 2.80. The quantitative estimate of drug-likeness (QED) is 0.654. The lowest BCUT2D eigenvalue weighted by Crippen LogP contribution is -2.40. The lowest BCUT2D eigenvalue weighted by atomic mass is 10.1. The standard InChI is InChI=1S/C11H14N2O2/c1-13-10-5-3-8(14)6-7(10)2-4-9(12)11(13)15/h3,5-6,9,14H,2,4,12H2,1H3. The number of carbonyl (C=O) groups excluding carboxylic acids is 1. The second kappa shape index (κ2) is 3.55. The maximum absolute atomic E-state index is 11.7. The fourth-order valence-electron chi connectivity index (χ4n) is 1.90. The highest BCUT2D eigenvalue weighted by Crippen LogP contribution is 2.28. The van der Waals surface area contributed by atoms with Gasteiger partial charge in [-0.3, -0.25) is 4.79 Å². The number of nitrogens with zero attached hydrogens (tertiary/aromatic N) is 1. The fourth-order valence-corrected chi connectivity index (χ4v) is 1.90. The molecule has 3 N–H and O–H groups in total. The molecule has 4 nitrogen and oxygen atoms in total. The first-order valence-corrected chi connectivity index (χ1v) is 4.94. The minimum atomic E-state index is -0.440. The van der Waals surface area contributed by atoms with E-state index in [0.29, 0.717) is 6.42 Å². The van der Waals surface area contributed by atoms with E-state index in [1.54, 1.807) is 30.1 Å². The van der Waals surface area contributed by atoms with Gasteiger partial charge in [-0.2, -0.15) is 0 Å². The number of hydrogen-bond donors (Lipinski definition) is 2. The van der Waals surface area contributed by atoms with Crippen LogP contribution >= 0.6 is 0 Å². The molecule has 0 saturated carbocycles. The number of hydrogen-bond acceptors (Lipinski definition) is 3. The molecule has 80 valence electrons. The molecule has 0 bridgehead atoms. The summed E-state index contributed by atoms with van der Waals surface area (Å²) in [4.78, 5) is 13.3. The topological polar surface area (TPSA) is 66.6 Å². The average molecular weight is 206 g/mol. The van der Waals surface area contributed by atoms with Crippen LogP contribution in [-0.4, -0.2) is 24.1 Å². The van der Waals surface area contributed by atoms with Crippen molar-refractivity contribution in [2.75, 3.05) is 11.9 Å². The van der Waals surface area contributed by atoms with E-state index in [0.717, 1.165) is 17.7 Å². The Morgan fingerprint density at radius 2 is 2.27 bits per heavy atom. The van der Waals surface area contributed by atoms with Crippen molar-refractivity contribution in [1.82, 2.24) is 0 Å². The molecule has 1 amide bonds. The van der Waals surface area contributed by atoms with Gasteiger partial charge in [-0.15, -0.1) is 0 Å². The van der Waals surface area contributed by atoms with Crippen LogP contribution in [0.1, 0.15) is 12.0 Å². The summed E-state index contributed by atoms with van der Waals surface area (Å²) < 4.78 is 0. The van der Waals surface area contributed by atoms with Crippen molar-refractivity contribution < 1.29 is 9.90 Å². The molecule has 2 rings (SSSR count). The number of likely N-dealkylation sites (N-methyl/N-ethyl adjacent to an activating group) is 1. The zero-order valence-corrected chi connectivity index (χ0v) is 8.60. The van der Waals surface area contributed by atoms with Crippen LogP contribution in [0.15, 0.2) is 18.2 Å². The number of phenolic OH excluding ortho intramolecular Hbond substituents is 1. The summed E-state index contributed by atoms with van der Waals surface area (Å²) in [5, 5.41) is 9.36. The van der Waals surface area contributed by atoms with Crippen LogP contribution in [-0.2, 0) is 11.2 Å². The Bertz CT molecular complexity index is 404. The summed E-state index contributed by atoms with van der Waals surface area (Å²) in [6.45, 7) is 0. The summed E-state index contributed by atoms with van der Waals surface area (Å²) in [7, 11) is 1.71. The van der Waals surface area contributed by atoms with Crippen molar-refractivity contribution in [3.05, 3.63) is 23.8 Å². The van der Waals surface area contributed by atoms with Crippen molar-refractivity contribution in [2.24, 2.45) is 5.73 Å². The van der Waals surface area contributed by atoms with Crippen LogP contribution in [0.5, 0.6) is 5.75 Å². The van der Waals surface area contributed by atoms with Crippen LogP contribution in [0.25, 0.3) is 0 Å². The lowest BCUT2D eigenvalue weighted by molar-refractivity contribution is -0.119. The van der Waals surface area contributed by atoms with Crippen molar-refractivity contribution in [3.8, 4) is 5.75 Å². The summed E-state index contributed by atoms with van der Waals surface area (Å²) >= 11 is 0. The number of aromatic hydroxyl groups is 1. The number of benzene rings is 1. The summed E-state index contributed by atoms with van der Waals surface area (Å²) in [5.41, 5.74) is 7.54. The van der Waals surface area contributed by atoms with Crippen molar-refractivity contribution in [2.45, 2.75) is 18.9 Å².